The van der Waals surface area contributed by atoms with E-state index >= 15 is 0 Å². The second kappa shape index (κ2) is 6.76. The van der Waals surface area contributed by atoms with E-state index in [0.29, 0.717) is 23.3 Å². The highest BCUT2D eigenvalue weighted by Gasteiger charge is 2.10. The summed E-state index contributed by atoms with van der Waals surface area (Å²) in [7, 11) is 0. The van der Waals surface area contributed by atoms with E-state index < -0.39 is 0 Å². The number of ether oxygens (including phenoxy) is 1. The van der Waals surface area contributed by atoms with Gasteiger partial charge in [-0.15, -0.1) is 0 Å². The molecule has 1 atom stereocenters. The van der Waals surface area contributed by atoms with Crippen molar-refractivity contribution >= 4 is 27.5 Å². The second-order valence-corrected chi connectivity index (χ2v) is 5.00. The Hall–Kier alpha value is -1.06. The van der Waals surface area contributed by atoms with Crippen LogP contribution in [0.5, 0.6) is 5.75 Å². The van der Waals surface area contributed by atoms with E-state index in [1.54, 1.807) is 18.5 Å². The van der Waals surface area contributed by atoms with Crippen molar-refractivity contribution in [3.8, 4) is 5.75 Å². The molecule has 0 radical (unpaired) electrons. The molecule has 2 rings (SSSR count). The van der Waals surface area contributed by atoms with Gasteiger partial charge in [0.2, 0.25) is 0 Å². The molecule has 0 N–H and O–H groups in total. The van der Waals surface area contributed by atoms with Crippen LogP contribution >= 0.6 is 27.5 Å². The molecule has 0 amide bonds. The van der Waals surface area contributed by atoms with Crippen LogP contribution in [0, 0.1) is 0 Å². The van der Waals surface area contributed by atoms with Crippen LogP contribution in [-0.4, -0.2) is 16.9 Å². The van der Waals surface area contributed by atoms with Gasteiger partial charge in [0, 0.05) is 23.5 Å². The maximum atomic E-state index is 5.86. The van der Waals surface area contributed by atoms with Crippen LogP contribution < -0.4 is 4.74 Å². The van der Waals surface area contributed by atoms with E-state index in [1.165, 1.54) is 5.56 Å². The van der Waals surface area contributed by atoms with Crippen LogP contribution in [0.1, 0.15) is 11.5 Å². The SMILES string of the molecule is Clc1cncc(OCC(CBr)c2ccccc2)c1. The summed E-state index contributed by atoms with van der Waals surface area (Å²) >= 11 is 9.38. The van der Waals surface area contributed by atoms with Gasteiger partial charge in [0.05, 0.1) is 17.8 Å². The summed E-state index contributed by atoms with van der Waals surface area (Å²) in [6, 6.07) is 12.1. The molecule has 1 heterocycles. The van der Waals surface area contributed by atoms with E-state index in [0.717, 1.165) is 5.33 Å². The first-order valence-corrected chi connectivity index (χ1v) is 7.14. The molecule has 2 aromatic rings. The molecule has 1 aromatic carbocycles. The minimum Gasteiger partial charge on any atom is -0.491 e. The summed E-state index contributed by atoms with van der Waals surface area (Å²) in [5.74, 6) is 1.01. The Balaban J connectivity index is 2.00. The Morgan fingerprint density at radius 1 is 1.22 bits per heavy atom. The molecule has 2 nitrogen and oxygen atoms in total. The molecule has 4 heteroatoms. The Labute approximate surface area is 120 Å². The highest BCUT2D eigenvalue weighted by atomic mass is 79.9. The number of rotatable bonds is 5. The van der Waals surface area contributed by atoms with Crippen molar-refractivity contribution in [2.75, 3.05) is 11.9 Å². The van der Waals surface area contributed by atoms with Crippen LogP contribution in [0.15, 0.2) is 48.8 Å². The molecule has 0 saturated heterocycles. The number of benzene rings is 1. The Morgan fingerprint density at radius 2 is 2.00 bits per heavy atom. The zero-order valence-electron chi connectivity index (χ0n) is 9.72. The molecular formula is C14H13BrClNO. The van der Waals surface area contributed by atoms with Crippen LogP contribution in [0.2, 0.25) is 5.02 Å². The normalized spacial score (nSPS) is 12.1. The van der Waals surface area contributed by atoms with Gasteiger partial charge in [-0.2, -0.15) is 0 Å². The summed E-state index contributed by atoms with van der Waals surface area (Å²) in [5.41, 5.74) is 1.25. The number of halogens is 2. The van der Waals surface area contributed by atoms with Crippen molar-refractivity contribution in [1.29, 1.82) is 0 Å². The molecule has 0 aliphatic carbocycles. The largest absolute Gasteiger partial charge is 0.491 e. The lowest BCUT2D eigenvalue weighted by atomic mass is 10.0. The van der Waals surface area contributed by atoms with Gasteiger partial charge in [0.15, 0.2) is 0 Å². The quantitative estimate of drug-likeness (QED) is 0.765. The lowest BCUT2D eigenvalue weighted by Gasteiger charge is -2.15. The maximum Gasteiger partial charge on any atom is 0.139 e. The molecule has 0 fully saturated rings. The van der Waals surface area contributed by atoms with E-state index in [2.05, 4.69) is 33.0 Å². The minimum absolute atomic E-state index is 0.310. The van der Waals surface area contributed by atoms with Crippen molar-refractivity contribution in [3.63, 3.8) is 0 Å². The molecule has 0 bridgehead atoms. The highest BCUT2D eigenvalue weighted by Crippen LogP contribution is 2.21. The molecule has 18 heavy (non-hydrogen) atoms. The third-order valence-corrected chi connectivity index (χ3v) is 3.58. The second-order valence-electron chi connectivity index (χ2n) is 3.91. The number of nitrogens with zero attached hydrogens (tertiary/aromatic N) is 1. The average molecular weight is 327 g/mol. The fourth-order valence-corrected chi connectivity index (χ4v) is 2.35. The summed E-state index contributed by atoms with van der Waals surface area (Å²) < 4.78 is 5.72. The molecule has 0 saturated carbocycles. The Kier molecular flexibility index (Phi) is 5.02. The smallest absolute Gasteiger partial charge is 0.139 e. The molecule has 1 unspecified atom stereocenters. The predicted molar refractivity (Wildman–Crippen MR) is 77.7 cm³/mol. The van der Waals surface area contributed by atoms with Crippen molar-refractivity contribution in [3.05, 3.63) is 59.4 Å². The maximum absolute atomic E-state index is 5.86. The lowest BCUT2D eigenvalue weighted by molar-refractivity contribution is 0.297. The number of aromatic nitrogens is 1. The fraction of sp³-hybridized carbons (Fsp3) is 0.214. The summed E-state index contributed by atoms with van der Waals surface area (Å²) in [4.78, 5) is 3.99. The van der Waals surface area contributed by atoms with Gasteiger partial charge < -0.3 is 4.74 Å². The van der Waals surface area contributed by atoms with Gasteiger partial charge in [0.25, 0.3) is 0 Å². The van der Waals surface area contributed by atoms with Crippen molar-refractivity contribution in [2.45, 2.75) is 5.92 Å². The molecule has 1 aromatic heterocycles. The molecule has 94 valence electrons. The third kappa shape index (κ3) is 3.72. The van der Waals surface area contributed by atoms with Crippen LogP contribution in [-0.2, 0) is 0 Å². The number of alkyl halides is 1. The van der Waals surface area contributed by atoms with Gasteiger partial charge in [0.1, 0.15) is 5.75 Å². The van der Waals surface area contributed by atoms with Gasteiger partial charge in [-0.1, -0.05) is 57.9 Å². The fourth-order valence-electron chi connectivity index (χ4n) is 1.62. The lowest BCUT2D eigenvalue weighted by Crippen LogP contribution is -2.11. The first kappa shape index (κ1) is 13.4. The summed E-state index contributed by atoms with van der Waals surface area (Å²) in [6.07, 6.45) is 3.26. The van der Waals surface area contributed by atoms with Gasteiger partial charge >= 0.3 is 0 Å². The first-order chi connectivity index (χ1) is 8.79. The molecule has 0 aliphatic rings. The third-order valence-electron chi connectivity index (χ3n) is 2.59. The van der Waals surface area contributed by atoms with Crippen LogP contribution in [0.4, 0.5) is 0 Å². The zero-order valence-corrected chi connectivity index (χ0v) is 12.1. The number of pyridine rings is 1. The van der Waals surface area contributed by atoms with E-state index in [-0.39, 0.29) is 0 Å². The van der Waals surface area contributed by atoms with Crippen LogP contribution in [0.25, 0.3) is 0 Å². The zero-order chi connectivity index (χ0) is 12.8. The Bertz CT molecular complexity index is 492. The number of hydrogen-bond acceptors (Lipinski definition) is 2. The van der Waals surface area contributed by atoms with Crippen molar-refractivity contribution in [1.82, 2.24) is 4.98 Å². The van der Waals surface area contributed by atoms with E-state index in [9.17, 15) is 0 Å². The van der Waals surface area contributed by atoms with Crippen LogP contribution in [0.3, 0.4) is 0 Å². The monoisotopic (exact) mass is 325 g/mol. The van der Waals surface area contributed by atoms with Gasteiger partial charge in [-0.3, -0.25) is 4.98 Å². The topological polar surface area (TPSA) is 22.1 Å². The minimum atomic E-state index is 0.310. The Morgan fingerprint density at radius 3 is 2.67 bits per heavy atom. The highest BCUT2D eigenvalue weighted by molar-refractivity contribution is 9.09. The van der Waals surface area contributed by atoms with E-state index in [4.69, 9.17) is 16.3 Å². The first-order valence-electron chi connectivity index (χ1n) is 5.64. The van der Waals surface area contributed by atoms with Gasteiger partial charge in [-0.25, -0.2) is 0 Å². The molecule has 0 spiro atoms. The van der Waals surface area contributed by atoms with Crippen molar-refractivity contribution < 1.29 is 4.74 Å². The van der Waals surface area contributed by atoms with E-state index in [1.807, 2.05) is 18.2 Å². The number of hydrogen-bond donors (Lipinski definition) is 0. The molecule has 0 aliphatic heterocycles. The standard InChI is InChI=1S/C14H13BrClNO/c15-7-12(11-4-2-1-3-5-11)10-18-14-6-13(16)8-17-9-14/h1-6,8-9,12H,7,10H2. The van der Waals surface area contributed by atoms with Gasteiger partial charge in [-0.05, 0) is 5.56 Å². The summed E-state index contributed by atoms with van der Waals surface area (Å²) in [5, 5.41) is 1.44. The summed E-state index contributed by atoms with van der Waals surface area (Å²) in [6.45, 7) is 0.595. The molecular weight excluding hydrogens is 314 g/mol. The average Bonchev–Trinajstić information content (AvgIpc) is 2.41. The van der Waals surface area contributed by atoms with Crippen molar-refractivity contribution in [2.24, 2.45) is 0 Å². The predicted octanol–water partition coefficient (Wildman–Crippen LogP) is 4.29.